The second kappa shape index (κ2) is 9.82. The van der Waals surface area contributed by atoms with Crippen LogP contribution in [-0.2, 0) is 16.0 Å². The van der Waals surface area contributed by atoms with Gasteiger partial charge in [-0.2, -0.15) is 0 Å². The molecule has 1 unspecified atom stereocenters. The first-order chi connectivity index (χ1) is 14.1. The molecule has 0 spiro atoms. The van der Waals surface area contributed by atoms with Gasteiger partial charge >= 0.3 is 12.0 Å². The molecule has 1 heterocycles. The van der Waals surface area contributed by atoms with Crippen LogP contribution in [-0.4, -0.2) is 63.3 Å². The van der Waals surface area contributed by atoms with Crippen LogP contribution in [0, 0.1) is 0 Å². The number of methoxy groups -OCH3 is 2. The maximum atomic E-state index is 12.7. The third kappa shape index (κ3) is 5.40. The zero-order valence-electron chi connectivity index (χ0n) is 16.8. The molecule has 1 atom stereocenters. The van der Waals surface area contributed by atoms with Crippen LogP contribution in [0.5, 0.6) is 5.75 Å². The van der Waals surface area contributed by atoms with Gasteiger partial charge in [-0.15, -0.1) is 0 Å². The van der Waals surface area contributed by atoms with Crippen LogP contribution in [0.4, 0.5) is 10.5 Å². The van der Waals surface area contributed by atoms with Gasteiger partial charge in [-0.3, -0.25) is 0 Å². The lowest BCUT2D eigenvalue weighted by molar-refractivity contribution is -0.142. The van der Waals surface area contributed by atoms with Gasteiger partial charge in [0.05, 0.1) is 14.2 Å². The van der Waals surface area contributed by atoms with Crippen LogP contribution in [0.2, 0.25) is 0 Å². The van der Waals surface area contributed by atoms with E-state index in [0.717, 1.165) is 30.1 Å². The van der Waals surface area contributed by atoms with E-state index < -0.39 is 12.0 Å². The van der Waals surface area contributed by atoms with Crippen LogP contribution in [0.1, 0.15) is 5.56 Å². The number of amides is 2. The van der Waals surface area contributed by atoms with Crippen molar-refractivity contribution in [3.63, 3.8) is 0 Å². The number of hydrogen-bond acceptors (Lipinski definition) is 5. The monoisotopic (exact) mass is 397 g/mol. The van der Waals surface area contributed by atoms with Crippen LogP contribution < -0.4 is 15.0 Å². The molecule has 0 bridgehead atoms. The van der Waals surface area contributed by atoms with E-state index in [1.54, 1.807) is 12.0 Å². The van der Waals surface area contributed by atoms with Gasteiger partial charge in [0, 0.05) is 38.3 Å². The molecule has 3 rings (SSSR count). The first-order valence-corrected chi connectivity index (χ1v) is 9.67. The first kappa shape index (κ1) is 20.5. The van der Waals surface area contributed by atoms with E-state index in [2.05, 4.69) is 10.2 Å². The Bertz CT molecular complexity index is 803. The number of carbonyl (C=O) groups excluding carboxylic acids is 2. The Hall–Kier alpha value is -3.22. The summed E-state index contributed by atoms with van der Waals surface area (Å²) in [6, 6.07) is 16.5. The van der Waals surface area contributed by atoms with Gasteiger partial charge in [-0.1, -0.05) is 30.3 Å². The van der Waals surface area contributed by atoms with Crippen LogP contribution >= 0.6 is 0 Å². The molecule has 0 radical (unpaired) electrons. The maximum absolute atomic E-state index is 12.7. The van der Waals surface area contributed by atoms with Crippen LogP contribution in [0.25, 0.3) is 0 Å². The normalized spacial score (nSPS) is 14.8. The number of rotatable bonds is 6. The van der Waals surface area contributed by atoms with E-state index in [0.29, 0.717) is 19.5 Å². The van der Waals surface area contributed by atoms with Crippen molar-refractivity contribution < 1.29 is 19.1 Å². The number of hydrogen-bond donors (Lipinski definition) is 1. The molecular formula is C22H27N3O4. The highest BCUT2D eigenvalue weighted by atomic mass is 16.5. The standard InChI is InChI=1S/C22H27N3O4/c1-28-19-10-8-18(9-11-19)24-12-14-25(15-13-24)22(27)23-20(21(26)29-2)16-17-6-4-3-5-7-17/h3-11,20H,12-16H2,1-2H3,(H,23,27). The van der Waals surface area contributed by atoms with Gasteiger partial charge in [0.25, 0.3) is 0 Å². The number of anilines is 1. The number of ether oxygens (including phenoxy) is 2. The summed E-state index contributed by atoms with van der Waals surface area (Å²) in [5.41, 5.74) is 2.06. The quantitative estimate of drug-likeness (QED) is 0.758. The molecule has 2 aromatic rings. The van der Waals surface area contributed by atoms with Crippen molar-refractivity contribution in [1.29, 1.82) is 0 Å². The number of carbonyl (C=O) groups is 2. The Labute approximate surface area is 171 Å². The molecule has 1 saturated heterocycles. The topological polar surface area (TPSA) is 71.1 Å². The third-order valence-corrected chi connectivity index (χ3v) is 5.07. The number of nitrogens with zero attached hydrogens (tertiary/aromatic N) is 2. The number of urea groups is 1. The molecule has 2 aromatic carbocycles. The summed E-state index contributed by atoms with van der Waals surface area (Å²) in [6.45, 7) is 2.61. The van der Waals surface area contributed by atoms with E-state index >= 15 is 0 Å². The summed E-state index contributed by atoms with van der Waals surface area (Å²) in [4.78, 5) is 28.8. The zero-order chi connectivity index (χ0) is 20.6. The van der Waals surface area contributed by atoms with Crippen LogP contribution in [0.3, 0.4) is 0 Å². The van der Waals surface area contributed by atoms with E-state index in [1.165, 1.54) is 7.11 Å². The first-order valence-electron chi connectivity index (χ1n) is 9.67. The fourth-order valence-corrected chi connectivity index (χ4v) is 3.39. The number of benzene rings is 2. The van der Waals surface area contributed by atoms with Gasteiger partial charge in [-0.05, 0) is 29.8 Å². The van der Waals surface area contributed by atoms with E-state index in [9.17, 15) is 9.59 Å². The Kier molecular flexibility index (Phi) is 6.94. The lowest BCUT2D eigenvalue weighted by atomic mass is 10.1. The van der Waals surface area contributed by atoms with Gasteiger partial charge in [0.1, 0.15) is 11.8 Å². The molecule has 29 heavy (non-hydrogen) atoms. The fraction of sp³-hybridized carbons (Fsp3) is 0.364. The Morgan fingerprint density at radius 1 is 0.966 bits per heavy atom. The van der Waals surface area contributed by atoms with Crippen molar-refractivity contribution in [2.75, 3.05) is 45.3 Å². The lowest BCUT2D eigenvalue weighted by Crippen LogP contribution is -2.55. The fourth-order valence-electron chi connectivity index (χ4n) is 3.39. The molecule has 7 heteroatoms. The van der Waals surface area contributed by atoms with E-state index in [4.69, 9.17) is 9.47 Å². The maximum Gasteiger partial charge on any atom is 0.328 e. The van der Waals surface area contributed by atoms with Gasteiger partial charge in [0.2, 0.25) is 0 Å². The number of piperazine rings is 1. The van der Waals surface area contributed by atoms with Gasteiger partial charge < -0.3 is 24.6 Å². The summed E-state index contributed by atoms with van der Waals surface area (Å²) in [5.74, 6) is 0.373. The second-order valence-electron chi connectivity index (χ2n) is 6.89. The summed E-state index contributed by atoms with van der Waals surface area (Å²) in [6.07, 6.45) is 0.394. The summed E-state index contributed by atoms with van der Waals surface area (Å²) >= 11 is 0. The summed E-state index contributed by atoms with van der Waals surface area (Å²) in [5, 5.41) is 2.83. The molecule has 1 N–H and O–H groups in total. The average Bonchev–Trinajstić information content (AvgIpc) is 2.79. The highest BCUT2D eigenvalue weighted by molar-refractivity contribution is 5.84. The molecule has 0 aliphatic carbocycles. The molecule has 0 aromatic heterocycles. The minimum absolute atomic E-state index is 0.245. The smallest absolute Gasteiger partial charge is 0.328 e. The second-order valence-corrected chi connectivity index (χ2v) is 6.89. The molecule has 1 fully saturated rings. The molecule has 1 aliphatic rings. The molecule has 7 nitrogen and oxygen atoms in total. The number of nitrogens with one attached hydrogen (secondary N) is 1. The minimum Gasteiger partial charge on any atom is -0.497 e. The highest BCUT2D eigenvalue weighted by Gasteiger charge is 2.27. The van der Waals surface area contributed by atoms with Crippen molar-refractivity contribution in [3.05, 3.63) is 60.2 Å². The predicted molar refractivity (Wildman–Crippen MR) is 111 cm³/mol. The van der Waals surface area contributed by atoms with E-state index in [-0.39, 0.29) is 6.03 Å². The SMILES string of the molecule is COC(=O)C(Cc1ccccc1)NC(=O)N1CCN(c2ccc(OC)cc2)CC1. The van der Waals surface area contributed by atoms with Gasteiger partial charge in [-0.25, -0.2) is 9.59 Å². The Morgan fingerprint density at radius 2 is 1.62 bits per heavy atom. The molecule has 1 aliphatic heterocycles. The minimum atomic E-state index is -0.713. The highest BCUT2D eigenvalue weighted by Crippen LogP contribution is 2.20. The Morgan fingerprint density at radius 3 is 2.21 bits per heavy atom. The van der Waals surface area contributed by atoms with Crippen molar-refractivity contribution in [1.82, 2.24) is 10.2 Å². The lowest BCUT2D eigenvalue weighted by Gasteiger charge is -2.36. The van der Waals surface area contributed by atoms with E-state index in [1.807, 2.05) is 54.6 Å². The number of esters is 1. The van der Waals surface area contributed by atoms with Crippen molar-refractivity contribution >= 4 is 17.7 Å². The molecule has 2 amide bonds. The Balaban J connectivity index is 1.56. The summed E-state index contributed by atoms with van der Waals surface area (Å²) in [7, 11) is 2.98. The largest absolute Gasteiger partial charge is 0.497 e. The van der Waals surface area contributed by atoms with Gasteiger partial charge in [0.15, 0.2) is 0 Å². The van der Waals surface area contributed by atoms with Crippen molar-refractivity contribution in [3.8, 4) is 5.75 Å². The van der Waals surface area contributed by atoms with Crippen molar-refractivity contribution in [2.45, 2.75) is 12.5 Å². The third-order valence-electron chi connectivity index (χ3n) is 5.07. The van der Waals surface area contributed by atoms with Crippen molar-refractivity contribution in [2.24, 2.45) is 0 Å². The zero-order valence-corrected chi connectivity index (χ0v) is 16.8. The molecule has 0 saturated carbocycles. The van der Waals surface area contributed by atoms with Crippen LogP contribution in [0.15, 0.2) is 54.6 Å². The molecular weight excluding hydrogens is 370 g/mol. The predicted octanol–water partition coefficient (Wildman–Crippen LogP) is 2.31. The summed E-state index contributed by atoms with van der Waals surface area (Å²) < 4.78 is 10.1. The molecule has 154 valence electrons. The average molecular weight is 397 g/mol.